The molecule has 0 amide bonds. The van der Waals surface area contributed by atoms with Gasteiger partial charge in [0.05, 0.1) is 0 Å². The van der Waals surface area contributed by atoms with Gasteiger partial charge in [-0.05, 0) is 12.1 Å². The predicted molar refractivity (Wildman–Crippen MR) is 80.4 cm³/mol. The van der Waals surface area contributed by atoms with Crippen molar-refractivity contribution in [2.75, 3.05) is 45.2 Å². The number of oxazole rings is 1. The summed E-state index contributed by atoms with van der Waals surface area (Å²) in [4.78, 5) is 6.41. The Labute approximate surface area is 123 Å². The van der Waals surface area contributed by atoms with Crippen molar-refractivity contribution in [2.24, 2.45) is 0 Å². The van der Waals surface area contributed by atoms with Gasteiger partial charge >= 0.3 is 0 Å². The lowest BCUT2D eigenvalue weighted by molar-refractivity contribution is 0.348. The van der Waals surface area contributed by atoms with Crippen LogP contribution in [0.4, 0.5) is 6.01 Å². The van der Waals surface area contributed by atoms with Crippen molar-refractivity contribution in [1.29, 1.82) is 0 Å². The zero-order valence-electron chi connectivity index (χ0n) is 12.1. The maximum absolute atomic E-state index is 12.1. The minimum atomic E-state index is -3.34. The van der Waals surface area contributed by atoms with E-state index in [-0.39, 0.29) is 0 Å². The van der Waals surface area contributed by atoms with Crippen molar-refractivity contribution in [3.8, 4) is 0 Å². The van der Waals surface area contributed by atoms with Crippen molar-refractivity contribution >= 4 is 27.3 Å². The fourth-order valence-electron chi connectivity index (χ4n) is 2.34. The first-order chi connectivity index (χ1) is 9.98. The topological polar surface area (TPSA) is 69.9 Å². The van der Waals surface area contributed by atoms with E-state index in [1.807, 2.05) is 29.2 Å². The van der Waals surface area contributed by atoms with Crippen LogP contribution < -0.4 is 4.90 Å². The molecule has 1 fully saturated rings. The van der Waals surface area contributed by atoms with E-state index < -0.39 is 10.2 Å². The first-order valence-corrected chi connectivity index (χ1v) is 8.16. The molecule has 2 aromatic rings. The summed E-state index contributed by atoms with van der Waals surface area (Å²) in [6.45, 7) is 2.00. The van der Waals surface area contributed by atoms with Crippen LogP contribution in [0.5, 0.6) is 0 Å². The lowest BCUT2D eigenvalue weighted by Gasteiger charge is -2.34. The number of benzene rings is 1. The zero-order valence-corrected chi connectivity index (χ0v) is 12.9. The Bertz CT molecular complexity index is 700. The molecule has 0 unspecified atom stereocenters. The highest BCUT2D eigenvalue weighted by Crippen LogP contribution is 2.23. The number of para-hydroxylation sites is 2. The third-order valence-electron chi connectivity index (χ3n) is 3.58. The second-order valence-corrected chi connectivity index (χ2v) is 7.28. The molecule has 1 aliphatic rings. The number of rotatable bonds is 3. The second kappa shape index (κ2) is 5.28. The number of aromatic nitrogens is 1. The number of nitrogens with zero attached hydrogens (tertiary/aromatic N) is 4. The Morgan fingerprint density at radius 1 is 1.14 bits per heavy atom. The average molecular weight is 310 g/mol. The SMILES string of the molecule is CN(C)S(=O)(=O)N1CCN(c2nc3ccccc3o2)CC1. The highest BCUT2D eigenvalue weighted by molar-refractivity contribution is 7.86. The summed E-state index contributed by atoms with van der Waals surface area (Å²) >= 11 is 0. The van der Waals surface area contributed by atoms with Gasteiger partial charge in [0.15, 0.2) is 5.58 Å². The van der Waals surface area contributed by atoms with Crippen LogP contribution in [-0.4, -0.2) is 62.3 Å². The normalized spacial score (nSPS) is 17.8. The summed E-state index contributed by atoms with van der Waals surface area (Å²) < 4.78 is 32.6. The molecule has 1 saturated heterocycles. The molecule has 114 valence electrons. The third kappa shape index (κ3) is 2.61. The van der Waals surface area contributed by atoms with Crippen molar-refractivity contribution in [3.05, 3.63) is 24.3 Å². The highest BCUT2D eigenvalue weighted by Gasteiger charge is 2.29. The molecule has 0 N–H and O–H groups in total. The number of piperazine rings is 1. The molecule has 0 saturated carbocycles. The van der Waals surface area contributed by atoms with Crippen LogP contribution in [0.1, 0.15) is 0 Å². The van der Waals surface area contributed by atoms with Crippen LogP contribution in [0.25, 0.3) is 11.1 Å². The van der Waals surface area contributed by atoms with Gasteiger partial charge in [-0.2, -0.15) is 22.0 Å². The fourth-order valence-corrected chi connectivity index (χ4v) is 3.42. The summed E-state index contributed by atoms with van der Waals surface area (Å²) in [6, 6.07) is 8.14. The van der Waals surface area contributed by atoms with Gasteiger partial charge in [0.1, 0.15) is 5.52 Å². The van der Waals surface area contributed by atoms with Gasteiger partial charge in [-0.1, -0.05) is 12.1 Å². The van der Waals surface area contributed by atoms with Gasteiger partial charge in [0.25, 0.3) is 16.2 Å². The van der Waals surface area contributed by atoms with Crippen molar-refractivity contribution in [1.82, 2.24) is 13.6 Å². The fraction of sp³-hybridized carbons (Fsp3) is 0.462. The van der Waals surface area contributed by atoms with Gasteiger partial charge in [-0.25, -0.2) is 0 Å². The van der Waals surface area contributed by atoms with Gasteiger partial charge < -0.3 is 9.32 Å². The maximum atomic E-state index is 12.1. The standard InChI is InChI=1S/C13H18N4O3S/c1-15(2)21(18,19)17-9-7-16(8-10-17)13-14-11-5-3-4-6-12(11)20-13/h3-6H,7-10H2,1-2H3. The molecule has 0 atom stereocenters. The lowest BCUT2D eigenvalue weighted by Crippen LogP contribution is -2.51. The zero-order chi connectivity index (χ0) is 15.0. The summed E-state index contributed by atoms with van der Waals surface area (Å²) in [6.07, 6.45) is 0. The van der Waals surface area contributed by atoms with E-state index in [1.165, 1.54) is 8.61 Å². The first-order valence-electron chi connectivity index (χ1n) is 6.76. The number of hydrogen-bond donors (Lipinski definition) is 0. The monoisotopic (exact) mass is 310 g/mol. The van der Waals surface area contributed by atoms with E-state index in [0.717, 1.165) is 11.1 Å². The summed E-state index contributed by atoms with van der Waals surface area (Å²) in [5.74, 6) is 0. The number of hydrogen-bond acceptors (Lipinski definition) is 5. The molecule has 1 aromatic heterocycles. The van der Waals surface area contributed by atoms with Crippen LogP contribution in [-0.2, 0) is 10.2 Å². The minimum absolute atomic E-state index is 0.430. The highest BCUT2D eigenvalue weighted by atomic mass is 32.2. The number of fused-ring (bicyclic) bond motifs is 1. The van der Waals surface area contributed by atoms with Gasteiger partial charge in [0.2, 0.25) is 0 Å². The molecule has 2 heterocycles. The van der Waals surface area contributed by atoms with Crippen LogP contribution >= 0.6 is 0 Å². The summed E-state index contributed by atoms with van der Waals surface area (Å²) in [5, 5.41) is 0. The van der Waals surface area contributed by atoms with E-state index >= 15 is 0 Å². The lowest BCUT2D eigenvalue weighted by atomic mass is 10.3. The first kappa shape index (κ1) is 14.3. The molecule has 7 nitrogen and oxygen atoms in total. The smallest absolute Gasteiger partial charge is 0.298 e. The van der Waals surface area contributed by atoms with Crippen LogP contribution in [0, 0.1) is 0 Å². The van der Waals surface area contributed by atoms with Crippen LogP contribution in [0.3, 0.4) is 0 Å². The maximum Gasteiger partial charge on any atom is 0.298 e. The predicted octanol–water partition coefficient (Wildman–Crippen LogP) is 0.756. The second-order valence-electron chi connectivity index (χ2n) is 5.14. The Morgan fingerprint density at radius 3 is 2.43 bits per heavy atom. The minimum Gasteiger partial charge on any atom is -0.423 e. The molecular weight excluding hydrogens is 292 g/mol. The van der Waals surface area contributed by atoms with Crippen LogP contribution in [0.2, 0.25) is 0 Å². The molecule has 21 heavy (non-hydrogen) atoms. The Kier molecular flexibility index (Phi) is 3.60. The van der Waals surface area contributed by atoms with E-state index in [2.05, 4.69) is 4.98 Å². The summed E-state index contributed by atoms with van der Waals surface area (Å²) in [7, 11) is -0.253. The average Bonchev–Trinajstić information content (AvgIpc) is 2.91. The Morgan fingerprint density at radius 2 is 1.81 bits per heavy atom. The van der Waals surface area contributed by atoms with Crippen LogP contribution in [0.15, 0.2) is 28.7 Å². The molecule has 8 heteroatoms. The molecule has 0 spiro atoms. The molecule has 0 radical (unpaired) electrons. The molecule has 0 bridgehead atoms. The quantitative estimate of drug-likeness (QED) is 0.837. The Balaban J connectivity index is 1.74. The van der Waals surface area contributed by atoms with Gasteiger partial charge in [-0.15, -0.1) is 0 Å². The van der Waals surface area contributed by atoms with E-state index in [1.54, 1.807) is 14.1 Å². The molecule has 3 rings (SSSR count). The summed E-state index contributed by atoms with van der Waals surface area (Å²) in [5.41, 5.74) is 1.56. The molecular formula is C13H18N4O3S. The van der Waals surface area contributed by atoms with Crippen molar-refractivity contribution < 1.29 is 12.8 Å². The van der Waals surface area contributed by atoms with Gasteiger partial charge in [-0.3, -0.25) is 0 Å². The van der Waals surface area contributed by atoms with Crippen molar-refractivity contribution in [2.45, 2.75) is 0 Å². The molecule has 1 aromatic carbocycles. The van der Waals surface area contributed by atoms with E-state index in [9.17, 15) is 8.42 Å². The molecule has 1 aliphatic heterocycles. The van der Waals surface area contributed by atoms with Crippen molar-refractivity contribution in [3.63, 3.8) is 0 Å². The van der Waals surface area contributed by atoms with Gasteiger partial charge in [0, 0.05) is 40.3 Å². The number of anilines is 1. The van der Waals surface area contributed by atoms with E-state index in [4.69, 9.17) is 4.42 Å². The largest absolute Gasteiger partial charge is 0.423 e. The third-order valence-corrected chi connectivity index (χ3v) is 5.52. The van der Waals surface area contributed by atoms with E-state index in [0.29, 0.717) is 32.2 Å². The molecule has 0 aliphatic carbocycles. The Hall–Kier alpha value is -1.64.